The van der Waals surface area contributed by atoms with Crippen molar-refractivity contribution >= 4 is 30.1 Å². The Balaban J connectivity index is 1.95. The second kappa shape index (κ2) is 6.66. The molecule has 2 rings (SSSR count). The molecule has 0 saturated heterocycles. The molecule has 104 valence electrons. The third-order valence-corrected chi connectivity index (χ3v) is 5.88. The molecule has 0 bridgehead atoms. The molecule has 1 aromatic rings. The van der Waals surface area contributed by atoms with E-state index in [2.05, 4.69) is 12.6 Å². The van der Waals surface area contributed by atoms with Crippen LogP contribution in [0, 0.1) is 15.5 Å². The number of benzene rings is 1. The number of nitro groups is 1. The molecule has 1 saturated carbocycles. The molecule has 19 heavy (non-hydrogen) atoms. The first-order valence-electron chi connectivity index (χ1n) is 6.63. The second-order valence-corrected chi connectivity index (χ2v) is 6.62. The minimum atomic E-state index is -0.356. The molecule has 0 aliphatic heterocycles. The Kier molecular flexibility index (Phi) is 5.16. The van der Waals surface area contributed by atoms with Crippen molar-refractivity contribution in [2.24, 2.45) is 5.41 Å². The van der Waals surface area contributed by atoms with Gasteiger partial charge in [0.25, 0.3) is 5.69 Å². The minimum absolute atomic E-state index is 0.158. The van der Waals surface area contributed by atoms with Crippen LogP contribution in [-0.2, 0) is 0 Å². The van der Waals surface area contributed by atoms with Crippen molar-refractivity contribution in [2.75, 3.05) is 11.5 Å². The highest BCUT2D eigenvalue weighted by atomic mass is 32.2. The summed E-state index contributed by atoms with van der Waals surface area (Å²) in [7, 11) is 0. The Morgan fingerprint density at radius 2 is 1.84 bits per heavy atom. The van der Waals surface area contributed by atoms with E-state index in [0.717, 1.165) is 16.4 Å². The number of hydrogen-bond acceptors (Lipinski definition) is 4. The van der Waals surface area contributed by atoms with E-state index in [1.54, 1.807) is 23.9 Å². The average Bonchev–Trinajstić information content (AvgIpc) is 2.46. The van der Waals surface area contributed by atoms with Crippen molar-refractivity contribution in [1.82, 2.24) is 0 Å². The van der Waals surface area contributed by atoms with Crippen LogP contribution >= 0.6 is 24.4 Å². The summed E-state index contributed by atoms with van der Waals surface area (Å²) in [6, 6.07) is 6.85. The molecule has 1 fully saturated rings. The standard InChI is InChI=1S/C14H19NO2S2/c16-15(17)12-4-6-13(7-5-12)19-11-14(10-18)8-2-1-3-9-14/h4-7,18H,1-3,8-11H2. The number of hydrogen-bond donors (Lipinski definition) is 1. The third kappa shape index (κ3) is 3.89. The molecule has 5 heteroatoms. The molecular formula is C14H19NO2S2. The van der Waals surface area contributed by atoms with Crippen LogP contribution in [0.1, 0.15) is 32.1 Å². The van der Waals surface area contributed by atoms with E-state index in [1.165, 1.54) is 32.1 Å². The molecule has 0 heterocycles. The lowest BCUT2D eigenvalue weighted by Gasteiger charge is -2.35. The van der Waals surface area contributed by atoms with Gasteiger partial charge in [-0.05, 0) is 36.1 Å². The number of thiol groups is 1. The Morgan fingerprint density at radius 3 is 2.37 bits per heavy atom. The van der Waals surface area contributed by atoms with Crippen LogP contribution in [0.25, 0.3) is 0 Å². The van der Waals surface area contributed by atoms with Crippen LogP contribution < -0.4 is 0 Å². The molecule has 0 radical (unpaired) electrons. The van der Waals surface area contributed by atoms with E-state index in [0.29, 0.717) is 5.41 Å². The lowest BCUT2D eigenvalue weighted by molar-refractivity contribution is -0.384. The van der Waals surface area contributed by atoms with Crippen molar-refractivity contribution in [3.05, 3.63) is 34.4 Å². The highest BCUT2D eigenvalue weighted by Crippen LogP contribution is 2.41. The van der Waals surface area contributed by atoms with E-state index in [-0.39, 0.29) is 10.6 Å². The quantitative estimate of drug-likeness (QED) is 0.375. The first-order valence-corrected chi connectivity index (χ1v) is 8.25. The molecule has 0 aromatic heterocycles. The van der Waals surface area contributed by atoms with Gasteiger partial charge in [0.05, 0.1) is 4.92 Å². The van der Waals surface area contributed by atoms with Crippen LogP contribution in [0.4, 0.5) is 5.69 Å². The van der Waals surface area contributed by atoms with Gasteiger partial charge >= 0.3 is 0 Å². The summed E-state index contributed by atoms with van der Waals surface area (Å²) in [5, 5.41) is 10.6. The van der Waals surface area contributed by atoms with Gasteiger partial charge in [-0.3, -0.25) is 10.1 Å². The lowest BCUT2D eigenvalue weighted by Crippen LogP contribution is -2.28. The summed E-state index contributed by atoms with van der Waals surface area (Å²) in [6.45, 7) is 0. The molecule has 0 N–H and O–H groups in total. The maximum Gasteiger partial charge on any atom is 0.269 e. The first kappa shape index (κ1) is 14.7. The van der Waals surface area contributed by atoms with Crippen LogP contribution in [0.3, 0.4) is 0 Å². The van der Waals surface area contributed by atoms with Gasteiger partial charge in [-0.15, -0.1) is 11.8 Å². The van der Waals surface area contributed by atoms with E-state index in [9.17, 15) is 10.1 Å². The smallest absolute Gasteiger partial charge is 0.258 e. The second-order valence-electron chi connectivity index (χ2n) is 5.26. The van der Waals surface area contributed by atoms with E-state index in [4.69, 9.17) is 0 Å². The van der Waals surface area contributed by atoms with Crippen LogP contribution in [0.2, 0.25) is 0 Å². The lowest BCUT2D eigenvalue weighted by atomic mass is 9.77. The van der Waals surface area contributed by atoms with Gasteiger partial charge in [-0.1, -0.05) is 19.3 Å². The zero-order chi connectivity index (χ0) is 13.7. The Bertz CT molecular complexity index is 428. The van der Waals surface area contributed by atoms with Crippen molar-refractivity contribution in [3.63, 3.8) is 0 Å². The molecule has 0 unspecified atom stereocenters. The summed E-state index contributed by atoms with van der Waals surface area (Å²) in [6.07, 6.45) is 6.48. The number of non-ortho nitro benzene ring substituents is 1. The summed E-state index contributed by atoms with van der Waals surface area (Å²) in [5.74, 6) is 2.00. The topological polar surface area (TPSA) is 43.1 Å². The molecular weight excluding hydrogens is 278 g/mol. The highest BCUT2D eigenvalue weighted by Gasteiger charge is 2.30. The van der Waals surface area contributed by atoms with Gasteiger partial charge in [0.15, 0.2) is 0 Å². The normalized spacial score (nSPS) is 18.2. The van der Waals surface area contributed by atoms with Crippen molar-refractivity contribution in [1.29, 1.82) is 0 Å². The van der Waals surface area contributed by atoms with Gasteiger partial charge in [-0.2, -0.15) is 12.6 Å². The van der Waals surface area contributed by atoms with Gasteiger partial charge in [-0.25, -0.2) is 0 Å². The monoisotopic (exact) mass is 297 g/mol. The van der Waals surface area contributed by atoms with E-state index < -0.39 is 0 Å². The molecule has 0 atom stereocenters. The largest absolute Gasteiger partial charge is 0.269 e. The Hall–Kier alpha value is -0.680. The van der Waals surface area contributed by atoms with Crippen molar-refractivity contribution < 1.29 is 4.92 Å². The fourth-order valence-electron chi connectivity index (χ4n) is 2.55. The minimum Gasteiger partial charge on any atom is -0.258 e. The summed E-state index contributed by atoms with van der Waals surface area (Å²) < 4.78 is 0. The molecule has 1 aliphatic rings. The van der Waals surface area contributed by atoms with E-state index in [1.807, 2.05) is 12.1 Å². The molecule has 1 aliphatic carbocycles. The van der Waals surface area contributed by atoms with Gasteiger partial charge in [0, 0.05) is 22.8 Å². The van der Waals surface area contributed by atoms with E-state index >= 15 is 0 Å². The first-order chi connectivity index (χ1) is 9.15. The van der Waals surface area contributed by atoms with Crippen LogP contribution in [-0.4, -0.2) is 16.4 Å². The molecule has 0 amide bonds. The SMILES string of the molecule is O=[N+]([O-])c1ccc(SCC2(CS)CCCCC2)cc1. The molecule has 0 spiro atoms. The fourth-order valence-corrected chi connectivity index (χ4v) is 4.32. The number of rotatable bonds is 5. The number of thioether (sulfide) groups is 1. The van der Waals surface area contributed by atoms with Crippen molar-refractivity contribution in [2.45, 2.75) is 37.0 Å². The number of nitro benzene ring substituents is 1. The summed E-state index contributed by atoms with van der Waals surface area (Å²) >= 11 is 6.34. The van der Waals surface area contributed by atoms with Gasteiger partial charge in [0.1, 0.15) is 0 Å². The maximum atomic E-state index is 10.6. The fraction of sp³-hybridized carbons (Fsp3) is 0.571. The predicted molar refractivity (Wildman–Crippen MR) is 83.2 cm³/mol. The Morgan fingerprint density at radius 1 is 1.21 bits per heavy atom. The maximum absolute atomic E-state index is 10.6. The zero-order valence-corrected chi connectivity index (χ0v) is 12.6. The van der Waals surface area contributed by atoms with Crippen LogP contribution in [0.5, 0.6) is 0 Å². The van der Waals surface area contributed by atoms with Crippen molar-refractivity contribution in [3.8, 4) is 0 Å². The molecule has 1 aromatic carbocycles. The molecule has 3 nitrogen and oxygen atoms in total. The summed E-state index contributed by atoms with van der Waals surface area (Å²) in [5.41, 5.74) is 0.513. The van der Waals surface area contributed by atoms with Gasteiger partial charge in [0.2, 0.25) is 0 Å². The number of nitrogens with zero attached hydrogens (tertiary/aromatic N) is 1. The Labute approximate surface area is 123 Å². The van der Waals surface area contributed by atoms with Crippen LogP contribution in [0.15, 0.2) is 29.2 Å². The van der Waals surface area contributed by atoms with Gasteiger partial charge < -0.3 is 0 Å². The summed E-state index contributed by atoms with van der Waals surface area (Å²) in [4.78, 5) is 11.4. The highest BCUT2D eigenvalue weighted by molar-refractivity contribution is 7.99. The zero-order valence-electron chi connectivity index (χ0n) is 10.9. The third-order valence-electron chi connectivity index (χ3n) is 3.84. The average molecular weight is 297 g/mol. The predicted octanol–water partition coefficient (Wildman–Crippen LogP) is 4.57.